The molecule has 3 aromatic carbocycles. The largest absolute Gasteiger partial charge is 0.508 e. The number of para-hydroxylation sites is 2. The molecule has 2 N–H and O–H groups in total. The van der Waals surface area contributed by atoms with Crippen molar-refractivity contribution >= 4 is 11.0 Å². The zero-order valence-electron chi connectivity index (χ0n) is 17.7. The van der Waals surface area contributed by atoms with Gasteiger partial charge in [0.15, 0.2) is 0 Å². The lowest BCUT2D eigenvalue weighted by Gasteiger charge is -2.32. The number of H-pyrrole nitrogens is 1. The monoisotopic (exact) mass is 413 g/mol. The van der Waals surface area contributed by atoms with E-state index in [1.807, 2.05) is 54.6 Å². The Morgan fingerprint density at radius 2 is 1.74 bits per heavy atom. The topological polar surface area (TPSA) is 61.4 Å². The first-order valence-electron chi connectivity index (χ1n) is 10.8. The van der Waals surface area contributed by atoms with Gasteiger partial charge in [0, 0.05) is 13.1 Å². The number of aromatic amines is 1. The van der Waals surface area contributed by atoms with Crippen LogP contribution in [-0.2, 0) is 4.74 Å². The Kier molecular flexibility index (Phi) is 5.45. The van der Waals surface area contributed by atoms with E-state index in [0.29, 0.717) is 0 Å². The molecule has 1 aliphatic rings. The first-order valence-corrected chi connectivity index (χ1v) is 10.8. The van der Waals surface area contributed by atoms with Crippen molar-refractivity contribution in [1.29, 1.82) is 0 Å². The maximum Gasteiger partial charge on any atom is 0.141 e. The van der Waals surface area contributed by atoms with Gasteiger partial charge < -0.3 is 19.7 Å². The van der Waals surface area contributed by atoms with Crippen LogP contribution in [0.25, 0.3) is 22.2 Å². The molecule has 0 aliphatic carbocycles. The summed E-state index contributed by atoms with van der Waals surface area (Å²) < 4.78 is 6.73. The Morgan fingerprint density at radius 3 is 2.52 bits per heavy atom. The molecular weight excluding hydrogens is 386 g/mol. The van der Waals surface area contributed by atoms with Crippen molar-refractivity contribution in [3.63, 3.8) is 0 Å². The summed E-state index contributed by atoms with van der Waals surface area (Å²) in [6.07, 6.45) is 1.70. The highest BCUT2D eigenvalue weighted by Gasteiger charge is 2.28. The number of aromatic hydroxyl groups is 1. The molecule has 2 heterocycles. The molecular formula is C26H27N3O2. The van der Waals surface area contributed by atoms with Crippen LogP contribution < -0.4 is 0 Å². The third-order valence-electron chi connectivity index (χ3n) is 6.05. The van der Waals surface area contributed by atoms with Crippen LogP contribution in [0.5, 0.6) is 5.75 Å². The van der Waals surface area contributed by atoms with E-state index in [1.54, 1.807) is 6.07 Å². The van der Waals surface area contributed by atoms with Crippen molar-refractivity contribution < 1.29 is 9.84 Å². The molecule has 1 saturated heterocycles. The minimum absolute atomic E-state index is 0.139. The Morgan fingerprint density at radius 1 is 1.00 bits per heavy atom. The van der Waals surface area contributed by atoms with E-state index in [0.717, 1.165) is 59.5 Å². The molecule has 1 aromatic heterocycles. The standard InChI is InChI=1S/C26H27N3O2/c1-29-15-13-20(14-16-29)31-25(26-27-23-9-5-6-10-24(23)28-26)22-17-19(30)11-12-21(22)18-7-3-2-4-8-18/h2-12,17,20,25,30H,13-16H2,1H3,(H,27,28). The number of hydrogen-bond donors (Lipinski definition) is 2. The number of piperidine rings is 1. The number of rotatable bonds is 5. The fourth-order valence-electron chi connectivity index (χ4n) is 4.34. The number of fused-ring (bicyclic) bond motifs is 1. The molecule has 4 aromatic rings. The Balaban J connectivity index is 1.61. The summed E-state index contributed by atoms with van der Waals surface area (Å²) in [4.78, 5) is 10.7. The fraction of sp³-hybridized carbons (Fsp3) is 0.269. The van der Waals surface area contributed by atoms with E-state index in [9.17, 15) is 5.11 Å². The second kappa shape index (κ2) is 8.53. The van der Waals surface area contributed by atoms with Crippen molar-refractivity contribution in [2.24, 2.45) is 0 Å². The Labute approximate surface area is 182 Å². The molecule has 5 heteroatoms. The molecule has 0 spiro atoms. The molecule has 0 saturated carbocycles. The SMILES string of the molecule is CN1CCC(OC(c2nc3ccccc3[nH]2)c2cc(O)ccc2-c2ccccc2)CC1. The van der Waals surface area contributed by atoms with Gasteiger partial charge >= 0.3 is 0 Å². The zero-order valence-corrected chi connectivity index (χ0v) is 17.7. The van der Waals surface area contributed by atoms with Gasteiger partial charge in [0.25, 0.3) is 0 Å². The molecule has 158 valence electrons. The molecule has 31 heavy (non-hydrogen) atoms. The van der Waals surface area contributed by atoms with Crippen LogP contribution in [0.1, 0.15) is 30.3 Å². The summed E-state index contributed by atoms with van der Waals surface area (Å²) in [7, 11) is 2.15. The van der Waals surface area contributed by atoms with Crippen molar-refractivity contribution in [3.8, 4) is 16.9 Å². The van der Waals surface area contributed by atoms with Crippen molar-refractivity contribution in [3.05, 3.63) is 84.2 Å². The minimum Gasteiger partial charge on any atom is -0.508 e. The van der Waals surface area contributed by atoms with Crippen LogP contribution in [-0.4, -0.2) is 46.2 Å². The first-order chi connectivity index (χ1) is 15.2. The third-order valence-corrected chi connectivity index (χ3v) is 6.05. The predicted octanol–water partition coefficient (Wildman–Crippen LogP) is 5.14. The maximum absolute atomic E-state index is 10.4. The quantitative estimate of drug-likeness (QED) is 0.476. The number of benzene rings is 3. The molecule has 5 nitrogen and oxygen atoms in total. The average Bonchev–Trinajstić information content (AvgIpc) is 3.23. The smallest absolute Gasteiger partial charge is 0.141 e. The van der Waals surface area contributed by atoms with Gasteiger partial charge in [-0.3, -0.25) is 0 Å². The average molecular weight is 414 g/mol. The summed E-state index contributed by atoms with van der Waals surface area (Å²) in [6, 6.07) is 23.8. The number of ether oxygens (including phenoxy) is 1. The highest BCUT2D eigenvalue weighted by Crippen LogP contribution is 2.37. The summed E-state index contributed by atoms with van der Waals surface area (Å²) in [5, 5.41) is 10.4. The highest BCUT2D eigenvalue weighted by molar-refractivity contribution is 5.75. The van der Waals surface area contributed by atoms with Gasteiger partial charge in [-0.2, -0.15) is 0 Å². The van der Waals surface area contributed by atoms with Crippen molar-refractivity contribution in [2.75, 3.05) is 20.1 Å². The number of hydrogen-bond acceptors (Lipinski definition) is 4. The van der Waals surface area contributed by atoms with E-state index >= 15 is 0 Å². The molecule has 0 amide bonds. The Bertz CT molecular complexity index is 1130. The molecule has 1 fully saturated rings. The van der Waals surface area contributed by atoms with E-state index in [-0.39, 0.29) is 11.9 Å². The summed E-state index contributed by atoms with van der Waals surface area (Å²) >= 11 is 0. The molecule has 1 atom stereocenters. The Hall–Kier alpha value is -3.15. The van der Waals surface area contributed by atoms with Gasteiger partial charge in [-0.15, -0.1) is 0 Å². The van der Waals surface area contributed by atoms with Gasteiger partial charge in [0.1, 0.15) is 17.7 Å². The van der Waals surface area contributed by atoms with Gasteiger partial charge in [-0.05, 0) is 60.8 Å². The highest BCUT2D eigenvalue weighted by atomic mass is 16.5. The van der Waals surface area contributed by atoms with Crippen LogP contribution in [0.15, 0.2) is 72.8 Å². The van der Waals surface area contributed by atoms with E-state index < -0.39 is 6.10 Å². The number of phenols is 1. The number of likely N-dealkylation sites (tertiary alicyclic amines) is 1. The van der Waals surface area contributed by atoms with Crippen LogP contribution in [0, 0.1) is 0 Å². The number of nitrogens with zero attached hydrogens (tertiary/aromatic N) is 2. The molecule has 0 bridgehead atoms. The molecule has 5 rings (SSSR count). The third kappa shape index (κ3) is 4.20. The van der Waals surface area contributed by atoms with Crippen LogP contribution in [0.4, 0.5) is 0 Å². The number of aromatic nitrogens is 2. The van der Waals surface area contributed by atoms with Gasteiger partial charge in [-0.25, -0.2) is 4.98 Å². The summed E-state index contributed by atoms with van der Waals surface area (Å²) in [6.45, 7) is 2.03. The number of imidazole rings is 1. The summed E-state index contributed by atoms with van der Waals surface area (Å²) in [5.41, 5.74) is 4.94. The lowest BCUT2D eigenvalue weighted by atomic mass is 9.95. The van der Waals surface area contributed by atoms with Gasteiger partial charge in [0.2, 0.25) is 0 Å². The predicted molar refractivity (Wildman–Crippen MR) is 123 cm³/mol. The zero-order chi connectivity index (χ0) is 21.2. The van der Waals surface area contributed by atoms with Crippen molar-refractivity contribution in [2.45, 2.75) is 25.0 Å². The second-order valence-corrected chi connectivity index (χ2v) is 8.30. The number of nitrogens with one attached hydrogen (secondary N) is 1. The van der Waals surface area contributed by atoms with Gasteiger partial charge in [0.05, 0.1) is 17.1 Å². The van der Waals surface area contributed by atoms with Crippen LogP contribution in [0.2, 0.25) is 0 Å². The van der Waals surface area contributed by atoms with Crippen molar-refractivity contribution in [1.82, 2.24) is 14.9 Å². The van der Waals surface area contributed by atoms with Crippen LogP contribution >= 0.6 is 0 Å². The van der Waals surface area contributed by atoms with Gasteiger partial charge in [-0.1, -0.05) is 48.5 Å². The lowest BCUT2D eigenvalue weighted by Crippen LogP contribution is -2.35. The second-order valence-electron chi connectivity index (χ2n) is 8.30. The number of phenolic OH excluding ortho intramolecular Hbond substituents is 1. The summed E-state index contributed by atoms with van der Waals surface area (Å²) in [5.74, 6) is 0.991. The van der Waals surface area contributed by atoms with E-state index in [4.69, 9.17) is 9.72 Å². The first kappa shape index (κ1) is 19.8. The lowest BCUT2D eigenvalue weighted by molar-refractivity contribution is -0.0262. The normalized spacial score (nSPS) is 16.5. The van der Waals surface area contributed by atoms with E-state index in [1.165, 1.54) is 0 Å². The van der Waals surface area contributed by atoms with E-state index in [2.05, 4.69) is 29.1 Å². The fourth-order valence-corrected chi connectivity index (χ4v) is 4.34. The maximum atomic E-state index is 10.4. The molecule has 1 aliphatic heterocycles. The molecule has 1 unspecified atom stereocenters. The molecule has 0 radical (unpaired) electrons. The van der Waals surface area contributed by atoms with Crippen LogP contribution in [0.3, 0.4) is 0 Å². The minimum atomic E-state index is -0.400.